The molecule has 2 fully saturated rings. The second-order valence-electron chi connectivity index (χ2n) is 9.51. The molecule has 0 aliphatic carbocycles. The third-order valence-electron chi connectivity index (χ3n) is 6.74. The van der Waals surface area contributed by atoms with E-state index >= 15 is 0 Å². The first kappa shape index (κ1) is 22.5. The van der Waals surface area contributed by atoms with Crippen LogP contribution in [0.15, 0.2) is 24.3 Å². The molecule has 1 aromatic heterocycles. The van der Waals surface area contributed by atoms with Crippen LogP contribution < -0.4 is 16.0 Å². The highest BCUT2D eigenvalue weighted by Gasteiger charge is 2.44. The smallest absolute Gasteiger partial charge is 0.316 e. The molecule has 0 spiro atoms. The fourth-order valence-electron chi connectivity index (χ4n) is 4.75. The molecule has 3 aliphatic rings. The molecule has 3 aliphatic heterocycles. The summed E-state index contributed by atoms with van der Waals surface area (Å²) in [6, 6.07) is 6.83. The molecular weight excluding hydrogens is 436 g/mol. The van der Waals surface area contributed by atoms with Gasteiger partial charge in [0.2, 0.25) is 5.91 Å². The quantitative estimate of drug-likeness (QED) is 0.704. The van der Waals surface area contributed by atoms with E-state index in [9.17, 15) is 9.59 Å². The first-order valence-corrected chi connectivity index (χ1v) is 11.6. The fraction of sp³-hybridized carbons (Fsp3) is 0.500. The summed E-state index contributed by atoms with van der Waals surface area (Å²) in [5.74, 6) is 1.62. The van der Waals surface area contributed by atoms with Gasteiger partial charge in [-0.1, -0.05) is 0 Å². The highest BCUT2D eigenvalue weighted by molar-refractivity contribution is 5.88. The van der Waals surface area contributed by atoms with Gasteiger partial charge in [-0.2, -0.15) is 0 Å². The minimum Gasteiger partial charge on any atom is -0.379 e. The van der Waals surface area contributed by atoms with Crippen LogP contribution in [-0.2, 0) is 27.2 Å². The molecule has 5 rings (SSSR count). The van der Waals surface area contributed by atoms with Crippen LogP contribution in [0.4, 0.5) is 16.3 Å². The number of hydrogen-bond acceptors (Lipinski definition) is 7. The zero-order valence-corrected chi connectivity index (χ0v) is 19.5. The Kier molecular flexibility index (Phi) is 5.86. The minimum absolute atomic E-state index is 0.118. The van der Waals surface area contributed by atoms with Gasteiger partial charge < -0.3 is 30.3 Å². The number of nitrogens with two attached hydrogens (primary N) is 1. The zero-order chi connectivity index (χ0) is 23.9. The number of nitrogens with one attached hydrogen (secondary N) is 1. The van der Waals surface area contributed by atoms with Crippen molar-refractivity contribution in [3.63, 3.8) is 0 Å². The lowest BCUT2D eigenvalue weighted by atomic mass is 9.86. The van der Waals surface area contributed by atoms with E-state index in [1.807, 2.05) is 24.0 Å². The third-order valence-corrected chi connectivity index (χ3v) is 6.74. The molecular formula is C24H30N6O4. The molecule has 1 aromatic carbocycles. The number of rotatable bonds is 4. The maximum atomic E-state index is 13.2. The van der Waals surface area contributed by atoms with Crippen LogP contribution >= 0.6 is 0 Å². The Labute approximate surface area is 198 Å². The first-order valence-electron chi connectivity index (χ1n) is 11.6. The molecule has 0 unspecified atom stereocenters. The van der Waals surface area contributed by atoms with Crippen molar-refractivity contribution < 1.29 is 19.1 Å². The van der Waals surface area contributed by atoms with Crippen molar-refractivity contribution in [2.45, 2.75) is 32.9 Å². The van der Waals surface area contributed by atoms with Crippen molar-refractivity contribution in [2.75, 3.05) is 49.7 Å². The number of urea groups is 1. The Morgan fingerprint density at radius 1 is 1.15 bits per heavy atom. The Morgan fingerprint density at radius 3 is 2.56 bits per heavy atom. The Morgan fingerprint density at radius 2 is 1.91 bits per heavy atom. The number of carbonyl (C=O) groups excluding carboxylic acids is 2. The van der Waals surface area contributed by atoms with Crippen molar-refractivity contribution in [3.05, 3.63) is 35.5 Å². The third kappa shape index (κ3) is 4.19. The van der Waals surface area contributed by atoms with Crippen LogP contribution in [0.5, 0.6) is 0 Å². The van der Waals surface area contributed by atoms with E-state index in [4.69, 9.17) is 25.2 Å². The molecule has 1 atom stereocenters. The SMILES string of the molecule is C[C@H]1COCCN1c1nc(-c2ccc(NC(N)=O)cc2)nc2c1CCN(C(=O)C1(C)COC1)C2. The monoisotopic (exact) mass is 466 g/mol. The number of ether oxygens (including phenoxy) is 2. The summed E-state index contributed by atoms with van der Waals surface area (Å²) in [6.45, 7) is 8.16. The van der Waals surface area contributed by atoms with Gasteiger partial charge in [0.25, 0.3) is 0 Å². The van der Waals surface area contributed by atoms with Crippen LogP contribution in [0, 0.1) is 5.41 Å². The largest absolute Gasteiger partial charge is 0.379 e. The summed E-state index contributed by atoms with van der Waals surface area (Å²) in [5.41, 5.74) is 8.17. The molecule has 180 valence electrons. The van der Waals surface area contributed by atoms with Gasteiger partial charge in [0.05, 0.1) is 50.1 Å². The summed E-state index contributed by atoms with van der Waals surface area (Å²) in [4.78, 5) is 38.4. The van der Waals surface area contributed by atoms with Crippen LogP contribution in [0.2, 0.25) is 0 Å². The van der Waals surface area contributed by atoms with Crippen LogP contribution in [0.25, 0.3) is 11.4 Å². The molecule has 3 N–H and O–H groups in total. The molecule has 2 aromatic rings. The normalized spacial score (nSPS) is 21.4. The maximum absolute atomic E-state index is 13.2. The maximum Gasteiger partial charge on any atom is 0.316 e. The van der Waals surface area contributed by atoms with Crippen LogP contribution in [-0.4, -0.2) is 72.4 Å². The van der Waals surface area contributed by atoms with E-state index in [1.165, 1.54) is 0 Å². The van der Waals surface area contributed by atoms with Gasteiger partial charge in [-0.05, 0) is 44.5 Å². The summed E-state index contributed by atoms with van der Waals surface area (Å²) >= 11 is 0. The van der Waals surface area contributed by atoms with Crippen molar-refractivity contribution >= 4 is 23.4 Å². The number of aromatic nitrogens is 2. The van der Waals surface area contributed by atoms with E-state index in [-0.39, 0.29) is 11.9 Å². The number of hydrogen-bond donors (Lipinski definition) is 2. The average molecular weight is 467 g/mol. The molecule has 10 nitrogen and oxygen atoms in total. The Hall–Kier alpha value is -3.24. The number of amides is 3. The number of primary amides is 1. The van der Waals surface area contributed by atoms with Crippen LogP contribution in [0.1, 0.15) is 25.1 Å². The number of morpholine rings is 1. The molecule has 0 bridgehead atoms. The Balaban J connectivity index is 1.51. The lowest BCUT2D eigenvalue weighted by molar-refractivity contribution is -0.169. The molecule has 0 radical (unpaired) electrons. The number of anilines is 2. The van der Waals surface area contributed by atoms with Crippen LogP contribution in [0.3, 0.4) is 0 Å². The summed E-state index contributed by atoms with van der Waals surface area (Å²) < 4.78 is 11.0. The highest BCUT2D eigenvalue weighted by atomic mass is 16.5. The minimum atomic E-state index is -0.614. The van der Waals surface area contributed by atoms with Gasteiger partial charge in [0.1, 0.15) is 5.82 Å². The van der Waals surface area contributed by atoms with Gasteiger partial charge in [-0.3, -0.25) is 4.79 Å². The second-order valence-corrected chi connectivity index (χ2v) is 9.51. The number of carbonyl (C=O) groups is 2. The first-order chi connectivity index (χ1) is 16.3. The van der Waals surface area contributed by atoms with E-state index in [0.29, 0.717) is 57.4 Å². The predicted octanol–water partition coefficient (Wildman–Crippen LogP) is 1.78. The number of benzene rings is 1. The number of nitrogens with zero attached hydrogens (tertiary/aromatic N) is 4. The molecule has 2 saturated heterocycles. The molecule has 34 heavy (non-hydrogen) atoms. The zero-order valence-electron chi connectivity index (χ0n) is 19.5. The van der Waals surface area contributed by atoms with Crippen molar-refractivity contribution in [1.82, 2.24) is 14.9 Å². The van der Waals surface area contributed by atoms with E-state index in [0.717, 1.165) is 29.2 Å². The van der Waals surface area contributed by atoms with E-state index in [2.05, 4.69) is 17.1 Å². The lowest BCUT2D eigenvalue weighted by Crippen LogP contribution is -2.54. The fourth-order valence-corrected chi connectivity index (χ4v) is 4.75. The lowest BCUT2D eigenvalue weighted by Gasteiger charge is -2.42. The highest BCUT2D eigenvalue weighted by Crippen LogP contribution is 2.35. The average Bonchev–Trinajstić information content (AvgIpc) is 2.81. The molecule has 0 saturated carbocycles. The van der Waals surface area contributed by atoms with Crippen molar-refractivity contribution in [3.8, 4) is 11.4 Å². The van der Waals surface area contributed by atoms with E-state index < -0.39 is 11.4 Å². The summed E-state index contributed by atoms with van der Waals surface area (Å²) in [7, 11) is 0. The van der Waals surface area contributed by atoms with Gasteiger partial charge in [-0.25, -0.2) is 14.8 Å². The summed E-state index contributed by atoms with van der Waals surface area (Å²) in [6.07, 6.45) is 0.708. The second kappa shape index (κ2) is 8.84. The topological polar surface area (TPSA) is 123 Å². The van der Waals surface area contributed by atoms with Gasteiger partial charge >= 0.3 is 6.03 Å². The predicted molar refractivity (Wildman–Crippen MR) is 126 cm³/mol. The summed E-state index contributed by atoms with van der Waals surface area (Å²) in [5, 5.41) is 2.57. The Bertz CT molecular complexity index is 1100. The molecule has 3 amide bonds. The van der Waals surface area contributed by atoms with E-state index in [1.54, 1.807) is 12.1 Å². The standard InChI is InChI=1S/C24H30N6O4/c1-15-12-33-10-9-30(15)21-18-7-8-29(22(31)24(2)13-34-14-24)11-19(18)27-20(28-21)16-3-5-17(6-4-16)26-23(25)32/h3-6,15H,7-14H2,1-2H3,(H3,25,26,32)/t15-/m0/s1. The van der Waals surface area contributed by atoms with Gasteiger partial charge in [0.15, 0.2) is 5.82 Å². The van der Waals surface area contributed by atoms with Crippen molar-refractivity contribution in [1.29, 1.82) is 0 Å². The molecule has 10 heteroatoms. The van der Waals surface area contributed by atoms with Crippen molar-refractivity contribution in [2.24, 2.45) is 11.1 Å². The van der Waals surface area contributed by atoms with Gasteiger partial charge in [-0.15, -0.1) is 0 Å². The molecule has 4 heterocycles. The number of fused-ring (bicyclic) bond motifs is 1. The van der Waals surface area contributed by atoms with Gasteiger partial charge in [0, 0.05) is 29.9 Å².